The Bertz CT molecular complexity index is 645. The minimum Gasteiger partial charge on any atom is -0.481 e. The van der Waals surface area contributed by atoms with E-state index in [-0.39, 0.29) is 18.8 Å². The maximum Gasteiger partial charge on any atom is 0.326 e. The van der Waals surface area contributed by atoms with Gasteiger partial charge in [-0.05, 0) is 44.1 Å². The van der Waals surface area contributed by atoms with Crippen LogP contribution in [-0.4, -0.2) is 76.0 Å². The number of thioether (sulfide) groups is 1. The maximum atomic E-state index is 12.6. The Morgan fingerprint density at radius 3 is 1.94 bits per heavy atom. The number of hydrogen-bond donors (Lipinski definition) is 6. The molecule has 12 heteroatoms. The molecule has 0 saturated carbocycles. The van der Waals surface area contributed by atoms with Crippen molar-refractivity contribution in [2.45, 2.75) is 70.6 Å². The molecule has 0 aliphatic rings. The molecule has 0 heterocycles. The zero-order valence-electron chi connectivity index (χ0n) is 18.3. The van der Waals surface area contributed by atoms with Crippen LogP contribution in [0.5, 0.6) is 0 Å². The lowest BCUT2D eigenvalue weighted by molar-refractivity contribution is -0.143. The normalized spacial score (nSPS) is 14.8. The third-order valence-electron chi connectivity index (χ3n) is 4.32. The first-order valence-corrected chi connectivity index (χ1v) is 11.4. The van der Waals surface area contributed by atoms with E-state index in [9.17, 15) is 29.1 Å². The summed E-state index contributed by atoms with van der Waals surface area (Å²) in [6, 6.07) is -4.17. The number of amides is 3. The lowest BCUT2D eigenvalue weighted by Crippen LogP contribution is -2.56. The first kappa shape index (κ1) is 28.7. The Balaban J connectivity index is 5.06. The Morgan fingerprint density at radius 2 is 1.45 bits per heavy atom. The number of carbonyl (C=O) groups excluding carboxylic acids is 3. The second-order valence-electron chi connectivity index (χ2n) is 7.64. The summed E-state index contributed by atoms with van der Waals surface area (Å²) in [6.45, 7) is 5.28. The molecule has 0 radical (unpaired) electrons. The molecule has 3 amide bonds. The Morgan fingerprint density at radius 1 is 0.871 bits per heavy atom. The second kappa shape index (κ2) is 14.6. The van der Waals surface area contributed by atoms with Crippen molar-refractivity contribution in [1.82, 2.24) is 16.0 Å². The molecule has 0 rings (SSSR count). The van der Waals surface area contributed by atoms with Crippen LogP contribution in [-0.2, 0) is 24.0 Å². The minimum absolute atomic E-state index is 0.202. The number of rotatable bonds is 15. The molecule has 0 aliphatic carbocycles. The molecule has 0 bridgehead atoms. The highest BCUT2D eigenvalue weighted by molar-refractivity contribution is 7.98. The van der Waals surface area contributed by atoms with E-state index in [4.69, 9.17) is 10.8 Å². The van der Waals surface area contributed by atoms with E-state index in [0.717, 1.165) is 0 Å². The highest BCUT2D eigenvalue weighted by Crippen LogP contribution is 2.06. The first-order chi connectivity index (χ1) is 14.4. The van der Waals surface area contributed by atoms with Crippen molar-refractivity contribution < 1.29 is 34.2 Å². The largest absolute Gasteiger partial charge is 0.481 e. The predicted molar refractivity (Wildman–Crippen MR) is 116 cm³/mol. The third-order valence-corrected chi connectivity index (χ3v) is 4.96. The molecule has 0 aromatic rings. The summed E-state index contributed by atoms with van der Waals surface area (Å²) in [5, 5.41) is 25.2. The zero-order chi connectivity index (χ0) is 24.1. The van der Waals surface area contributed by atoms with Gasteiger partial charge in [0.2, 0.25) is 17.7 Å². The van der Waals surface area contributed by atoms with Gasteiger partial charge in [0.1, 0.15) is 18.1 Å². The summed E-state index contributed by atoms with van der Waals surface area (Å²) in [7, 11) is 0. The highest BCUT2D eigenvalue weighted by atomic mass is 32.2. The summed E-state index contributed by atoms with van der Waals surface area (Å²) in [5.74, 6) is -3.70. The van der Waals surface area contributed by atoms with E-state index < -0.39 is 60.2 Å². The summed E-state index contributed by atoms with van der Waals surface area (Å²) >= 11 is 1.43. The van der Waals surface area contributed by atoms with Gasteiger partial charge in [-0.15, -0.1) is 0 Å². The van der Waals surface area contributed by atoms with Gasteiger partial charge in [0.25, 0.3) is 0 Å². The second-order valence-corrected chi connectivity index (χ2v) is 8.63. The van der Waals surface area contributed by atoms with Gasteiger partial charge in [0.05, 0.1) is 6.04 Å². The monoisotopic (exact) mass is 462 g/mol. The van der Waals surface area contributed by atoms with Gasteiger partial charge in [0, 0.05) is 6.42 Å². The molecular weight excluding hydrogens is 428 g/mol. The summed E-state index contributed by atoms with van der Waals surface area (Å²) in [6.07, 6.45) is 1.75. The van der Waals surface area contributed by atoms with Crippen LogP contribution in [0, 0.1) is 5.92 Å². The van der Waals surface area contributed by atoms with Crippen molar-refractivity contribution in [1.29, 1.82) is 0 Å². The Labute approximate surface area is 186 Å². The van der Waals surface area contributed by atoms with E-state index in [1.165, 1.54) is 18.7 Å². The highest BCUT2D eigenvalue weighted by Gasteiger charge is 2.28. The SMILES string of the molecule is CSCCC(NC(=O)C(C)NC(=O)C(N)CC(C)C)C(=O)NC(CCC(=O)O)C(=O)O. The smallest absolute Gasteiger partial charge is 0.326 e. The Kier molecular flexibility index (Phi) is 13.5. The number of carboxylic acid groups (broad SMARTS) is 2. The molecule has 4 unspecified atom stereocenters. The van der Waals surface area contributed by atoms with Crippen LogP contribution in [0.15, 0.2) is 0 Å². The van der Waals surface area contributed by atoms with Gasteiger partial charge in [-0.1, -0.05) is 13.8 Å². The predicted octanol–water partition coefficient (Wildman–Crippen LogP) is -0.463. The van der Waals surface area contributed by atoms with Crippen molar-refractivity contribution in [2.24, 2.45) is 11.7 Å². The standard InChI is InChI=1S/C19H34N4O7S/c1-10(2)9-12(20)17(27)21-11(3)16(26)22-13(7-8-31-4)18(28)23-14(19(29)30)5-6-15(24)25/h10-14H,5-9,20H2,1-4H3,(H,21,27)(H,22,26)(H,23,28)(H,24,25)(H,29,30). The van der Waals surface area contributed by atoms with E-state index in [2.05, 4.69) is 16.0 Å². The maximum absolute atomic E-state index is 12.6. The van der Waals surface area contributed by atoms with Crippen molar-refractivity contribution in [2.75, 3.05) is 12.0 Å². The van der Waals surface area contributed by atoms with E-state index in [1.807, 2.05) is 20.1 Å². The van der Waals surface area contributed by atoms with Crippen LogP contribution in [0.1, 0.15) is 46.5 Å². The van der Waals surface area contributed by atoms with Gasteiger partial charge in [0.15, 0.2) is 0 Å². The quantitative estimate of drug-likeness (QED) is 0.187. The number of nitrogens with two attached hydrogens (primary N) is 1. The van der Waals surface area contributed by atoms with E-state index in [1.54, 1.807) is 0 Å². The Hall–Kier alpha value is -2.34. The van der Waals surface area contributed by atoms with Crippen LogP contribution in [0.2, 0.25) is 0 Å². The molecule has 0 aromatic heterocycles. The number of hydrogen-bond acceptors (Lipinski definition) is 7. The van der Waals surface area contributed by atoms with Crippen LogP contribution in [0.3, 0.4) is 0 Å². The summed E-state index contributed by atoms with van der Waals surface area (Å²) in [5.41, 5.74) is 5.81. The fourth-order valence-electron chi connectivity index (χ4n) is 2.60. The van der Waals surface area contributed by atoms with Gasteiger partial charge in [-0.3, -0.25) is 19.2 Å². The fourth-order valence-corrected chi connectivity index (χ4v) is 3.07. The summed E-state index contributed by atoms with van der Waals surface area (Å²) in [4.78, 5) is 59.2. The lowest BCUT2D eigenvalue weighted by Gasteiger charge is -2.23. The van der Waals surface area contributed by atoms with Crippen molar-refractivity contribution >= 4 is 41.4 Å². The molecular formula is C19H34N4O7S. The molecule has 178 valence electrons. The molecule has 4 atom stereocenters. The fraction of sp³-hybridized carbons (Fsp3) is 0.737. The van der Waals surface area contributed by atoms with Crippen LogP contribution >= 0.6 is 11.8 Å². The molecule has 0 saturated heterocycles. The van der Waals surface area contributed by atoms with E-state index in [0.29, 0.717) is 12.2 Å². The topological polar surface area (TPSA) is 188 Å². The van der Waals surface area contributed by atoms with Crippen molar-refractivity contribution in [3.63, 3.8) is 0 Å². The number of carboxylic acids is 2. The minimum atomic E-state index is -1.40. The number of carbonyl (C=O) groups is 5. The van der Waals surface area contributed by atoms with Gasteiger partial charge in [-0.2, -0.15) is 11.8 Å². The van der Waals surface area contributed by atoms with Crippen molar-refractivity contribution in [3.05, 3.63) is 0 Å². The van der Waals surface area contributed by atoms with Crippen LogP contribution < -0.4 is 21.7 Å². The molecule has 7 N–H and O–H groups in total. The molecule has 0 aliphatic heterocycles. The molecule has 0 aromatic carbocycles. The lowest BCUT2D eigenvalue weighted by atomic mass is 10.0. The number of aliphatic carboxylic acids is 2. The third kappa shape index (κ3) is 12.2. The van der Waals surface area contributed by atoms with Crippen LogP contribution in [0.4, 0.5) is 0 Å². The average molecular weight is 463 g/mol. The van der Waals surface area contributed by atoms with Crippen LogP contribution in [0.25, 0.3) is 0 Å². The molecule has 0 spiro atoms. The molecule has 0 fully saturated rings. The molecule has 11 nitrogen and oxygen atoms in total. The average Bonchev–Trinajstić information content (AvgIpc) is 2.66. The van der Waals surface area contributed by atoms with E-state index >= 15 is 0 Å². The summed E-state index contributed by atoms with van der Waals surface area (Å²) < 4.78 is 0. The van der Waals surface area contributed by atoms with Gasteiger partial charge >= 0.3 is 11.9 Å². The number of nitrogens with one attached hydrogen (secondary N) is 3. The van der Waals surface area contributed by atoms with Gasteiger partial charge in [-0.25, -0.2) is 4.79 Å². The first-order valence-electron chi connectivity index (χ1n) is 9.99. The van der Waals surface area contributed by atoms with Crippen molar-refractivity contribution in [3.8, 4) is 0 Å². The van der Waals surface area contributed by atoms with Gasteiger partial charge < -0.3 is 31.9 Å². The zero-order valence-corrected chi connectivity index (χ0v) is 19.2. The molecule has 31 heavy (non-hydrogen) atoms.